The minimum Gasteiger partial charge on any atom is -0.352 e. The van der Waals surface area contributed by atoms with Crippen LogP contribution in [0.2, 0.25) is 0 Å². The van der Waals surface area contributed by atoms with Gasteiger partial charge in [-0.15, -0.1) is 0 Å². The second-order valence-corrected chi connectivity index (χ2v) is 9.20. The first-order valence-electron chi connectivity index (χ1n) is 9.56. The number of carbonyl (C=O) groups excluding carboxylic acids is 1. The van der Waals surface area contributed by atoms with E-state index in [4.69, 9.17) is 0 Å². The number of sulfonamides is 1. The number of nitrogens with one attached hydrogen (secondary N) is 1. The smallest absolute Gasteiger partial charge is 0.251 e. The van der Waals surface area contributed by atoms with Gasteiger partial charge in [0.05, 0.1) is 11.9 Å². The highest BCUT2D eigenvalue weighted by Gasteiger charge is 2.26. The van der Waals surface area contributed by atoms with Crippen molar-refractivity contribution in [1.29, 1.82) is 0 Å². The second kappa shape index (κ2) is 8.39. The molecule has 7 heteroatoms. The Morgan fingerprint density at radius 1 is 1.12 bits per heavy atom. The maximum Gasteiger partial charge on any atom is 0.251 e. The summed E-state index contributed by atoms with van der Waals surface area (Å²) in [4.78, 5) is 14.9. The van der Waals surface area contributed by atoms with Gasteiger partial charge in [-0.3, -0.25) is 9.10 Å². The Morgan fingerprint density at radius 2 is 1.85 bits per heavy atom. The minimum atomic E-state index is -3.25. The van der Waals surface area contributed by atoms with Crippen LogP contribution in [-0.4, -0.2) is 58.2 Å². The summed E-state index contributed by atoms with van der Waals surface area (Å²) < 4.78 is 25.0. The molecule has 2 aliphatic heterocycles. The third-order valence-electron chi connectivity index (χ3n) is 5.23. The van der Waals surface area contributed by atoms with Gasteiger partial charge in [-0.25, -0.2) is 8.42 Å². The molecule has 0 atom stereocenters. The van der Waals surface area contributed by atoms with Crippen molar-refractivity contribution in [2.24, 2.45) is 0 Å². The Bertz CT molecular complexity index is 740. The van der Waals surface area contributed by atoms with Crippen LogP contribution in [0.5, 0.6) is 0 Å². The zero-order valence-electron chi connectivity index (χ0n) is 15.5. The SMILES string of the molecule is CS(=O)(=O)N1CCc2cc(C(=O)NCCCN3CCCCCC3)ccc21. The summed E-state index contributed by atoms with van der Waals surface area (Å²) in [6, 6.07) is 5.28. The summed E-state index contributed by atoms with van der Waals surface area (Å²) >= 11 is 0. The standard InChI is InChI=1S/C19H29N3O3S/c1-26(24,25)22-14-9-16-15-17(7-8-18(16)22)19(23)20-10-6-13-21-11-4-2-3-5-12-21/h7-8,15H,2-6,9-14H2,1H3,(H,20,23). The molecule has 0 aliphatic carbocycles. The van der Waals surface area contributed by atoms with E-state index in [1.807, 2.05) is 6.07 Å². The van der Waals surface area contributed by atoms with Crippen LogP contribution in [0.15, 0.2) is 18.2 Å². The molecule has 1 aromatic rings. The molecule has 0 unspecified atom stereocenters. The van der Waals surface area contributed by atoms with Gasteiger partial charge in [0, 0.05) is 18.7 Å². The molecule has 26 heavy (non-hydrogen) atoms. The minimum absolute atomic E-state index is 0.0820. The molecule has 3 rings (SSSR count). The summed E-state index contributed by atoms with van der Waals surface area (Å²) in [5, 5.41) is 2.99. The average Bonchev–Trinajstić information content (AvgIpc) is 2.87. The van der Waals surface area contributed by atoms with Crippen LogP contribution in [0.4, 0.5) is 5.69 Å². The van der Waals surface area contributed by atoms with Crippen LogP contribution in [0, 0.1) is 0 Å². The van der Waals surface area contributed by atoms with E-state index in [-0.39, 0.29) is 5.91 Å². The van der Waals surface area contributed by atoms with Crippen molar-refractivity contribution in [3.05, 3.63) is 29.3 Å². The highest BCUT2D eigenvalue weighted by molar-refractivity contribution is 7.92. The van der Waals surface area contributed by atoms with Crippen molar-refractivity contribution in [1.82, 2.24) is 10.2 Å². The Morgan fingerprint density at radius 3 is 2.54 bits per heavy atom. The van der Waals surface area contributed by atoms with Crippen molar-refractivity contribution >= 4 is 21.6 Å². The summed E-state index contributed by atoms with van der Waals surface area (Å²) in [5.74, 6) is -0.0820. The first-order valence-corrected chi connectivity index (χ1v) is 11.4. The van der Waals surface area contributed by atoms with Crippen molar-refractivity contribution < 1.29 is 13.2 Å². The van der Waals surface area contributed by atoms with Crippen LogP contribution in [0.25, 0.3) is 0 Å². The van der Waals surface area contributed by atoms with Gasteiger partial charge >= 0.3 is 0 Å². The molecule has 0 aromatic heterocycles. The monoisotopic (exact) mass is 379 g/mol. The summed E-state index contributed by atoms with van der Waals surface area (Å²) in [6.07, 6.45) is 8.06. The fourth-order valence-corrected chi connectivity index (χ4v) is 4.78. The predicted molar refractivity (Wildman–Crippen MR) is 104 cm³/mol. The summed E-state index contributed by atoms with van der Waals surface area (Å²) in [6.45, 7) is 4.51. The lowest BCUT2D eigenvalue weighted by Gasteiger charge is -2.19. The van der Waals surface area contributed by atoms with Gasteiger partial charge in [-0.1, -0.05) is 12.8 Å². The Kier molecular flexibility index (Phi) is 6.19. The number of fused-ring (bicyclic) bond motifs is 1. The molecule has 144 valence electrons. The average molecular weight is 380 g/mol. The molecule has 2 heterocycles. The van der Waals surface area contributed by atoms with Crippen LogP contribution in [0.3, 0.4) is 0 Å². The summed E-state index contributed by atoms with van der Waals surface area (Å²) in [5.41, 5.74) is 2.23. The van der Waals surface area contributed by atoms with Gasteiger partial charge in [-0.05, 0) is 69.1 Å². The van der Waals surface area contributed by atoms with E-state index in [2.05, 4.69) is 10.2 Å². The van der Waals surface area contributed by atoms with Gasteiger partial charge in [0.2, 0.25) is 10.0 Å². The first kappa shape index (κ1) is 19.2. The quantitative estimate of drug-likeness (QED) is 0.768. The number of hydrogen-bond acceptors (Lipinski definition) is 4. The maximum atomic E-state index is 12.4. The van der Waals surface area contributed by atoms with E-state index in [0.29, 0.717) is 30.8 Å². The number of anilines is 1. The number of hydrogen-bond donors (Lipinski definition) is 1. The van der Waals surface area contributed by atoms with Gasteiger partial charge in [0.1, 0.15) is 0 Å². The maximum absolute atomic E-state index is 12.4. The number of rotatable bonds is 6. The van der Waals surface area contributed by atoms with Crippen molar-refractivity contribution in [2.75, 3.05) is 43.3 Å². The zero-order valence-corrected chi connectivity index (χ0v) is 16.4. The third-order valence-corrected chi connectivity index (χ3v) is 6.41. The highest BCUT2D eigenvalue weighted by Crippen LogP contribution is 2.30. The van der Waals surface area contributed by atoms with Crippen molar-refractivity contribution in [2.45, 2.75) is 38.5 Å². The first-order chi connectivity index (χ1) is 12.4. The van der Waals surface area contributed by atoms with E-state index in [0.717, 1.165) is 18.5 Å². The predicted octanol–water partition coefficient (Wildman–Crippen LogP) is 2.00. The number of nitrogens with zero attached hydrogens (tertiary/aromatic N) is 2. The van der Waals surface area contributed by atoms with Crippen LogP contribution >= 0.6 is 0 Å². The lowest BCUT2D eigenvalue weighted by molar-refractivity contribution is 0.0951. The van der Waals surface area contributed by atoms with E-state index in [1.165, 1.54) is 49.3 Å². The lowest BCUT2D eigenvalue weighted by Crippen LogP contribution is -2.30. The fraction of sp³-hybridized carbons (Fsp3) is 0.632. The molecule has 2 aliphatic rings. The van der Waals surface area contributed by atoms with E-state index >= 15 is 0 Å². The molecular formula is C19H29N3O3S. The molecule has 1 N–H and O–H groups in total. The molecule has 6 nitrogen and oxygen atoms in total. The molecule has 0 saturated carbocycles. The number of benzene rings is 1. The van der Waals surface area contributed by atoms with E-state index in [1.54, 1.807) is 12.1 Å². The van der Waals surface area contributed by atoms with Crippen LogP contribution < -0.4 is 9.62 Å². The Hall–Kier alpha value is -1.60. The molecule has 1 fully saturated rings. The molecule has 1 amide bonds. The van der Waals surface area contributed by atoms with Gasteiger partial charge in [0.25, 0.3) is 5.91 Å². The lowest BCUT2D eigenvalue weighted by atomic mass is 10.1. The summed E-state index contributed by atoms with van der Waals surface area (Å²) in [7, 11) is -3.25. The largest absolute Gasteiger partial charge is 0.352 e. The second-order valence-electron chi connectivity index (χ2n) is 7.29. The van der Waals surface area contributed by atoms with Gasteiger partial charge in [0.15, 0.2) is 0 Å². The molecule has 0 bridgehead atoms. The number of amides is 1. The van der Waals surface area contributed by atoms with E-state index in [9.17, 15) is 13.2 Å². The highest BCUT2D eigenvalue weighted by atomic mass is 32.2. The third kappa shape index (κ3) is 4.76. The van der Waals surface area contributed by atoms with Crippen LogP contribution in [-0.2, 0) is 16.4 Å². The zero-order chi connectivity index (χ0) is 18.6. The molecule has 1 aromatic carbocycles. The molecule has 0 spiro atoms. The number of carbonyl (C=O) groups is 1. The van der Waals surface area contributed by atoms with E-state index < -0.39 is 10.0 Å². The van der Waals surface area contributed by atoms with Gasteiger partial charge in [-0.2, -0.15) is 0 Å². The Balaban J connectivity index is 1.50. The number of likely N-dealkylation sites (tertiary alicyclic amines) is 1. The van der Waals surface area contributed by atoms with Crippen molar-refractivity contribution in [3.8, 4) is 0 Å². The molecule has 1 saturated heterocycles. The van der Waals surface area contributed by atoms with Crippen molar-refractivity contribution in [3.63, 3.8) is 0 Å². The Labute approximate surface area is 156 Å². The molecule has 0 radical (unpaired) electrons. The fourth-order valence-electron chi connectivity index (χ4n) is 3.82. The van der Waals surface area contributed by atoms with Crippen LogP contribution in [0.1, 0.15) is 48.0 Å². The normalized spacial score (nSPS) is 18.4. The molecular weight excluding hydrogens is 350 g/mol. The topological polar surface area (TPSA) is 69.7 Å². The van der Waals surface area contributed by atoms with Gasteiger partial charge < -0.3 is 10.2 Å².